The molecule has 2 rings (SSSR count). The lowest BCUT2D eigenvalue weighted by Crippen LogP contribution is -2.06. The Morgan fingerprint density at radius 3 is 3.07 bits per heavy atom. The smallest absolute Gasteiger partial charge is 0.339 e. The number of rotatable bonds is 3. The van der Waals surface area contributed by atoms with Crippen molar-refractivity contribution in [1.29, 1.82) is 0 Å². The Bertz CT molecular complexity index is 348. The maximum atomic E-state index is 11.3. The van der Waals surface area contributed by atoms with E-state index in [1.165, 1.54) is 6.20 Å². The first-order chi connectivity index (χ1) is 6.81. The van der Waals surface area contributed by atoms with Crippen molar-refractivity contribution in [1.82, 2.24) is 10.2 Å². The van der Waals surface area contributed by atoms with Gasteiger partial charge in [-0.2, -0.15) is 10.2 Å². The first-order valence-corrected chi connectivity index (χ1v) is 4.81. The van der Waals surface area contributed by atoms with Gasteiger partial charge in [0, 0.05) is 5.92 Å². The van der Waals surface area contributed by atoms with Crippen molar-refractivity contribution < 1.29 is 9.53 Å². The molecule has 1 aromatic rings. The molecular weight excluding hydrogens is 180 g/mol. The van der Waals surface area contributed by atoms with Crippen LogP contribution in [0.4, 0.5) is 0 Å². The van der Waals surface area contributed by atoms with E-state index in [0.29, 0.717) is 18.1 Å². The maximum absolute atomic E-state index is 11.3. The number of hydrogen-bond donors (Lipinski definition) is 0. The summed E-state index contributed by atoms with van der Waals surface area (Å²) in [6, 6.07) is 1.78. The maximum Gasteiger partial charge on any atom is 0.339 e. The van der Waals surface area contributed by atoms with Crippen molar-refractivity contribution in [3.05, 3.63) is 23.5 Å². The fourth-order valence-corrected chi connectivity index (χ4v) is 1.29. The average molecular weight is 192 g/mol. The van der Waals surface area contributed by atoms with Crippen molar-refractivity contribution in [2.24, 2.45) is 0 Å². The Labute approximate surface area is 82.3 Å². The average Bonchev–Trinajstić information content (AvgIpc) is 3.02. The molecule has 1 saturated carbocycles. The summed E-state index contributed by atoms with van der Waals surface area (Å²) in [7, 11) is 0. The lowest BCUT2D eigenvalue weighted by atomic mass is 10.2. The topological polar surface area (TPSA) is 52.1 Å². The molecule has 1 fully saturated rings. The van der Waals surface area contributed by atoms with Crippen LogP contribution < -0.4 is 0 Å². The fraction of sp³-hybridized carbons (Fsp3) is 0.500. The summed E-state index contributed by atoms with van der Waals surface area (Å²) in [5.41, 5.74) is 1.42. The molecule has 0 aliphatic heterocycles. The van der Waals surface area contributed by atoms with Gasteiger partial charge in [-0.3, -0.25) is 0 Å². The van der Waals surface area contributed by atoms with Crippen molar-refractivity contribution in [3.8, 4) is 0 Å². The van der Waals surface area contributed by atoms with Gasteiger partial charge in [0.1, 0.15) is 0 Å². The van der Waals surface area contributed by atoms with Crippen LogP contribution in [0.1, 0.15) is 41.7 Å². The van der Waals surface area contributed by atoms with Crippen LogP contribution in [0, 0.1) is 0 Å². The Hall–Kier alpha value is -1.45. The Morgan fingerprint density at radius 2 is 2.43 bits per heavy atom. The Kier molecular flexibility index (Phi) is 2.43. The van der Waals surface area contributed by atoms with Gasteiger partial charge in [0.2, 0.25) is 0 Å². The van der Waals surface area contributed by atoms with E-state index in [1.807, 2.05) is 0 Å². The summed E-state index contributed by atoms with van der Waals surface area (Å²) in [5, 5.41) is 7.78. The van der Waals surface area contributed by atoms with E-state index in [-0.39, 0.29) is 5.97 Å². The van der Waals surface area contributed by atoms with E-state index in [2.05, 4.69) is 10.2 Å². The minimum atomic E-state index is -0.315. The van der Waals surface area contributed by atoms with Crippen LogP contribution in [0.5, 0.6) is 0 Å². The number of ether oxygens (including phenoxy) is 1. The molecule has 4 nitrogen and oxygen atoms in total. The minimum Gasteiger partial charge on any atom is -0.462 e. The molecule has 0 unspecified atom stereocenters. The first kappa shape index (κ1) is 9.12. The van der Waals surface area contributed by atoms with Crippen LogP contribution in [-0.2, 0) is 4.74 Å². The highest BCUT2D eigenvalue weighted by Crippen LogP contribution is 2.38. The van der Waals surface area contributed by atoms with E-state index in [1.54, 1.807) is 13.0 Å². The van der Waals surface area contributed by atoms with Crippen molar-refractivity contribution >= 4 is 5.97 Å². The van der Waals surface area contributed by atoms with E-state index in [9.17, 15) is 4.79 Å². The van der Waals surface area contributed by atoms with Crippen LogP contribution in [0.3, 0.4) is 0 Å². The molecule has 74 valence electrons. The zero-order chi connectivity index (χ0) is 9.97. The zero-order valence-electron chi connectivity index (χ0n) is 8.06. The second kappa shape index (κ2) is 3.74. The lowest BCUT2D eigenvalue weighted by molar-refractivity contribution is 0.0525. The third-order valence-electron chi connectivity index (χ3n) is 2.18. The minimum absolute atomic E-state index is 0.315. The number of carbonyl (C=O) groups is 1. The second-order valence-corrected chi connectivity index (χ2v) is 3.36. The molecule has 0 spiro atoms. The van der Waals surface area contributed by atoms with Gasteiger partial charge in [-0.05, 0) is 25.8 Å². The van der Waals surface area contributed by atoms with Crippen LogP contribution in [0.25, 0.3) is 0 Å². The zero-order valence-corrected chi connectivity index (χ0v) is 8.06. The Balaban J connectivity index is 2.16. The van der Waals surface area contributed by atoms with Gasteiger partial charge in [-0.15, -0.1) is 0 Å². The quantitative estimate of drug-likeness (QED) is 0.681. The molecule has 0 saturated heterocycles. The van der Waals surface area contributed by atoms with Gasteiger partial charge < -0.3 is 4.74 Å². The summed E-state index contributed by atoms with van der Waals surface area (Å²) in [6.45, 7) is 2.17. The number of esters is 1. The highest BCUT2D eigenvalue weighted by molar-refractivity contribution is 5.89. The van der Waals surface area contributed by atoms with E-state index >= 15 is 0 Å². The molecular formula is C10H12N2O2. The standard InChI is InChI=1S/C10H12N2O2/c1-2-14-10(13)8-5-9(7-3-4-7)12-11-6-8/h5-7H,2-4H2,1H3. The van der Waals surface area contributed by atoms with E-state index < -0.39 is 0 Å². The van der Waals surface area contributed by atoms with Crippen molar-refractivity contribution in [2.45, 2.75) is 25.7 Å². The molecule has 1 aliphatic rings. The van der Waals surface area contributed by atoms with Crippen molar-refractivity contribution in [3.63, 3.8) is 0 Å². The molecule has 4 heteroatoms. The monoisotopic (exact) mass is 192 g/mol. The van der Waals surface area contributed by atoms with Gasteiger partial charge in [-0.1, -0.05) is 0 Å². The van der Waals surface area contributed by atoms with Crippen LogP contribution in [0.2, 0.25) is 0 Å². The molecule has 1 heterocycles. The lowest BCUT2D eigenvalue weighted by Gasteiger charge is -2.01. The molecule has 1 aromatic heterocycles. The van der Waals surface area contributed by atoms with Gasteiger partial charge in [0.15, 0.2) is 0 Å². The number of carbonyl (C=O) groups excluding carboxylic acids is 1. The number of hydrogen-bond acceptors (Lipinski definition) is 4. The second-order valence-electron chi connectivity index (χ2n) is 3.36. The van der Waals surface area contributed by atoms with Crippen LogP contribution in [0.15, 0.2) is 12.3 Å². The summed E-state index contributed by atoms with van der Waals surface area (Å²) in [6.07, 6.45) is 3.76. The summed E-state index contributed by atoms with van der Waals surface area (Å²) in [4.78, 5) is 11.3. The number of nitrogens with zero attached hydrogens (tertiary/aromatic N) is 2. The summed E-state index contributed by atoms with van der Waals surface area (Å²) in [5.74, 6) is 0.196. The largest absolute Gasteiger partial charge is 0.462 e. The first-order valence-electron chi connectivity index (χ1n) is 4.81. The van der Waals surface area contributed by atoms with E-state index in [0.717, 1.165) is 18.5 Å². The molecule has 0 aromatic carbocycles. The highest BCUT2D eigenvalue weighted by Gasteiger charge is 2.26. The molecule has 0 radical (unpaired) electrons. The van der Waals surface area contributed by atoms with E-state index in [4.69, 9.17) is 4.74 Å². The van der Waals surface area contributed by atoms with Crippen molar-refractivity contribution in [2.75, 3.05) is 6.61 Å². The summed E-state index contributed by atoms with van der Waals surface area (Å²) < 4.78 is 4.88. The highest BCUT2D eigenvalue weighted by atomic mass is 16.5. The predicted molar refractivity (Wildman–Crippen MR) is 50.0 cm³/mol. The van der Waals surface area contributed by atoms with Gasteiger partial charge in [0.25, 0.3) is 0 Å². The molecule has 0 amide bonds. The van der Waals surface area contributed by atoms with Crippen LogP contribution in [-0.4, -0.2) is 22.8 Å². The number of aromatic nitrogens is 2. The molecule has 0 bridgehead atoms. The molecule has 1 aliphatic carbocycles. The SMILES string of the molecule is CCOC(=O)c1cnnc(C2CC2)c1. The normalized spacial score (nSPS) is 15.2. The van der Waals surface area contributed by atoms with Gasteiger partial charge in [-0.25, -0.2) is 4.79 Å². The molecule has 14 heavy (non-hydrogen) atoms. The summed E-state index contributed by atoms with van der Waals surface area (Å²) >= 11 is 0. The third-order valence-corrected chi connectivity index (χ3v) is 2.18. The molecule has 0 N–H and O–H groups in total. The van der Waals surface area contributed by atoms with Crippen LogP contribution >= 0.6 is 0 Å². The Morgan fingerprint density at radius 1 is 1.64 bits per heavy atom. The van der Waals surface area contributed by atoms with Gasteiger partial charge in [0.05, 0.1) is 24.1 Å². The van der Waals surface area contributed by atoms with Gasteiger partial charge >= 0.3 is 5.97 Å². The molecule has 0 atom stereocenters. The predicted octanol–water partition coefficient (Wildman–Crippen LogP) is 1.53. The fourth-order valence-electron chi connectivity index (χ4n) is 1.29. The third kappa shape index (κ3) is 1.89.